The van der Waals surface area contributed by atoms with Crippen LogP contribution in [-0.4, -0.2) is 52.3 Å². The number of benzene rings is 1. The third-order valence-electron chi connectivity index (χ3n) is 5.94. The second kappa shape index (κ2) is 12.1. The van der Waals surface area contributed by atoms with Gasteiger partial charge in [0.2, 0.25) is 0 Å². The number of anilines is 2. The minimum atomic E-state index is -4.92. The number of piperidine rings is 1. The van der Waals surface area contributed by atoms with Crippen LogP contribution in [0, 0.1) is 5.92 Å². The van der Waals surface area contributed by atoms with Crippen molar-refractivity contribution in [2.24, 2.45) is 5.92 Å². The molecule has 0 spiro atoms. The molecule has 0 amide bonds. The van der Waals surface area contributed by atoms with Gasteiger partial charge in [0.1, 0.15) is 17.3 Å². The van der Waals surface area contributed by atoms with Gasteiger partial charge in [-0.25, -0.2) is 9.97 Å². The highest BCUT2D eigenvalue weighted by Crippen LogP contribution is 2.40. The molecule has 1 unspecified atom stereocenters. The largest absolute Gasteiger partial charge is 0.466 e. The SMILES string of the molecule is CCOC(=O)C1CCN(c2cnc(C(O)Nc3nc(-c4ccc(OC(F)F)c(C(F)(F)F)c4)cs3)cn2)CC1. The molecular weight excluding hydrogens is 549 g/mol. The molecule has 0 bridgehead atoms. The Morgan fingerprint density at radius 1 is 1.23 bits per heavy atom. The summed E-state index contributed by atoms with van der Waals surface area (Å²) in [5.74, 6) is -0.747. The molecule has 0 saturated carbocycles. The Morgan fingerprint density at radius 2 is 1.97 bits per heavy atom. The summed E-state index contributed by atoms with van der Waals surface area (Å²) in [6, 6.07) is 2.66. The molecule has 3 heterocycles. The monoisotopic (exact) mass is 573 g/mol. The second-order valence-corrected chi connectivity index (χ2v) is 9.34. The Bertz CT molecular complexity index is 1270. The van der Waals surface area contributed by atoms with Crippen molar-refractivity contribution in [3.63, 3.8) is 0 Å². The first-order valence-corrected chi connectivity index (χ1v) is 12.7. The maximum atomic E-state index is 13.4. The van der Waals surface area contributed by atoms with E-state index < -0.39 is 30.3 Å². The summed E-state index contributed by atoms with van der Waals surface area (Å²) in [5, 5.41) is 14.9. The number of thiazole rings is 1. The number of nitrogens with one attached hydrogen (secondary N) is 1. The minimum absolute atomic E-state index is 0.0265. The molecule has 1 aliphatic heterocycles. The van der Waals surface area contributed by atoms with Crippen LogP contribution in [-0.2, 0) is 15.7 Å². The summed E-state index contributed by atoms with van der Waals surface area (Å²) in [6.45, 7) is -0.0928. The maximum Gasteiger partial charge on any atom is 0.419 e. The molecule has 15 heteroatoms. The van der Waals surface area contributed by atoms with Gasteiger partial charge in [-0.15, -0.1) is 11.3 Å². The number of aromatic nitrogens is 3. The number of aliphatic hydroxyl groups is 1. The zero-order valence-corrected chi connectivity index (χ0v) is 21.3. The lowest BCUT2D eigenvalue weighted by Crippen LogP contribution is -2.37. The fourth-order valence-corrected chi connectivity index (χ4v) is 4.76. The van der Waals surface area contributed by atoms with Crippen molar-refractivity contribution in [2.45, 2.75) is 38.8 Å². The molecule has 0 aliphatic carbocycles. The first-order chi connectivity index (χ1) is 18.5. The molecule has 210 valence electrons. The standard InChI is InChI=1S/C24H24F5N5O4S/c1-2-37-21(36)13-5-7-34(8-6-13)19-11-30-16(10-31-19)20(35)33-23-32-17(12-39-23)14-3-4-18(38-22(25)26)15(9-14)24(27,28)29/h3-4,9-13,20,22,35H,2,5-8H2,1H3,(H,32,33). The van der Waals surface area contributed by atoms with Crippen LogP contribution in [0.4, 0.5) is 32.9 Å². The highest BCUT2D eigenvalue weighted by atomic mass is 32.1. The molecule has 9 nitrogen and oxygen atoms in total. The maximum absolute atomic E-state index is 13.4. The molecule has 0 radical (unpaired) electrons. The summed E-state index contributed by atoms with van der Waals surface area (Å²) >= 11 is 1.02. The van der Waals surface area contributed by atoms with Crippen molar-refractivity contribution in [2.75, 3.05) is 29.9 Å². The van der Waals surface area contributed by atoms with E-state index in [9.17, 15) is 31.9 Å². The molecule has 2 aromatic heterocycles. The number of halogens is 5. The van der Waals surface area contributed by atoms with E-state index in [1.54, 1.807) is 6.92 Å². The van der Waals surface area contributed by atoms with Crippen LogP contribution in [0.25, 0.3) is 11.3 Å². The fraction of sp³-hybridized carbons (Fsp3) is 0.417. The van der Waals surface area contributed by atoms with E-state index in [1.807, 2.05) is 4.90 Å². The van der Waals surface area contributed by atoms with Gasteiger partial charge in [-0.05, 0) is 38.0 Å². The predicted molar refractivity (Wildman–Crippen MR) is 131 cm³/mol. The van der Waals surface area contributed by atoms with Crippen molar-refractivity contribution in [3.05, 3.63) is 47.2 Å². The van der Waals surface area contributed by atoms with E-state index in [0.717, 1.165) is 17.4 Å². The molecular formula is C24H24F5N5O4S. The minimum Gasteiger partial charge on any atom is -0.466 e. The van der Waals surface area contributed by atoms with E-state index in [-0.39, 0.29) is 34.0 Å². The molecule has 3 aromatic rings. The normalized spacial score (nSPS) is 15.3. The van der Waals surface area contributed by atoms with Crippen molar-refractivity contribution < 1.29 is 41.3 Å². The van der Waals surface area contributed by atoms with Crippen LogP contribution in [0.3, 0.4) is 0 Å². The van der Waals surface area contributed by atoms with Gasteiger partial charge < -0.3 is 24.8 Å². The van der Waals surface area contributed by atoms with Crippen LogP contribution < -0.4 is 15.0 Å². The van der Waals surface area contributed by atoms with Crippen molar-refractivity contribution in [3.8, 4) is 17.0 Å². The highest BCUT2D eigenvalue weighted by molar-refractivity contribution is 7.14. The number of hydrogen-bond donors (Lipinski definition) is 2. The molecule has 1 aromatic carbocycles. The number of carbonyl (C=O) groups excluding carboxylic acids is 1. The number of ether oxygens (including phenoxy) is 2. The Hall–Kier alpha value is -3.59. The van der Waals surface area contributed by atoms with Gasteiger partial charge in [-0.3, -0.25) is 9.78 Å². The lowest BCUT2D eigenvalue weighted by molar-refractivity contribution is -0.148. The van der Waals surface area contributed by atoms with Gasteiger partial charge >= 0.3 is 18.8 Å². The first kappa shape index (κ1) is 28.4. The zero-order chi connectivity index (χ0) is 28.2. The molecule has 4 rings (SSSR count). The molecule has 2 N–H and O–H groups in total. The smallest absolute Gasteiger partial charge is 0.419 e. The topological polar surface area (TPSA) is 110 Å². The third kappa shape index (κ3) is 7.09. The number of aliphatic hydroxyl groups excluding tert-OH is 1. The Balaban J connectivity index is 1.39. The fourth-order valence-electron chi connectivity index (χ4n) is 4.01. The zero-order valence-electron chi connectivity index (χ0n) is 20.5. The van der Waals surface area contributed by atoms with E-state index in [4.69, 9.17) is 4.74 Å². The summed E-state index contributed by atoms with van der Waals surface area (Å²) < 4.78 is 74.1. The Morgan fingerprint density at radius 3 is 2.59 bits per heavy atom. The molecule has 39 heavy (non-hydrogen) atoms. The van der Waals surface area contributed by atoms with Gasteiger partial charge in [0.05, 0.1) is 36.2 Å². The number of alkyl halides is 5. The Kier molecular flexibility index (Phi) is 8.80. The summed E-state index contributed by atoms with van der Waals surface area (Å²) in [6.07, 6.45) is -2.09. The number of nitrogens with zero attached hydrogens (tertiary/aromatic N) is 4. The predicted octanol–water partition coefficient (Wildman–Crippen LogP) is 5.10. The summed E-state index contributed by atoms with van der Waals surface area (Å²) in [5.41, 5.74) is -1.01. The molecule has 1 atom stereocenters. The van der Waals surface area contributed by atoms with E-state index in [1.165, 1.54) is 23.8 Å². The highest BCUT2D eigenvalue weighted by Gasteiger charge is 2.35. The number of hydrogen-bond acceptors (Lipinski definition) is 10. The second-order valence-electron chi connectivity index (χ2n) is 8.48. The van der Waals surface area contributed by atoms with Crippen LogP contribution in [0.5, 0.6) is 5.75 Å². The van der Waals surface area contributed by atoms with Crippen molar-refractivity contribution in [1.82, 2.24) is 15.0 Å². The first-order valence-electron chi connectivity index (χ1n) is 11.8. The third-order valence-corrected chi connectivity index (χ3v) is 6.71. The van der Waals surface area contributed by atoms with Gasteiger partial charge in [-0.2, -0.15) is 22.0 Å². The van der Waals surface area contributed by atoms with Gasteiger partial charge in [-0.1, -0.05) is 0 Å². The van der Waals surface area contributed by atoms with Crippen LogP contribution in [0.15, 0.2) is 36.0 Å². The average molecular weight is 574 g/mol. The number of esters is 1. The molecule has 1 saturated heterocycles. The van der Waals surface area contributed by atoms with Crippen LogP contribution >= 0.6 is 11.3 Å². The molecule has 1 aliphatic rings. The Labute approximate surface area is 223 Å². The van der Waals surface area contributed by atoms with Gasteiger partial charge in [0, 0.05) is 24.0 Å². The van der Waals surface area contributed by atoms with E-state index in [2.05, 4.69) is 25.0 Å². The lowest BCUT2D eigenvalue weighted by Gasteiger charge is -2.31. The number of rotatable bonds is 9. The van der Waals surface area contributed by atoms with Crippen LogP contribution in [0.2, 0.25) is 0 Å². The summed E-state index contributed by atoms with van der Waals surface area (Å²) in [4.78, 5) is 26.7. The quantitative estimate of drug-likeness (QED) is 0.205. The van der Waals surface area contributed by atoms with Gasteiger partial charge in [0.25, 0.3) is 0 Å². The van der Waals surface area contributed by atoms with E-state index in [0.29, 0.717) is 44.4 Å². The van der Waals surface area contributed by atoms with Crippen molar-refractivity contribution in [1.29, 1.82) is 0 Å². The lowest BCUT2D eigenvalue weighted by atomic mass is 9.97. The summed E-state index contributed by atoms with van der Waals surface area (Å²) in [7, 11) is 0. The van der Waals surface area contributed by atoms with Crippen molar-refractivity contribution >= 4 is 28.3 Å². The van der Waals surface area contributed by atoms with Crippen LogP contribution in [0.1, 0.15) is 37.3 Å². The number of carbonyl (C=O) groups is 1. The van der Waals surface area contributed by atoms with Gasteiger partial charge in [0.15, 0.2) is 11.4 Å². The molecule has 1 fully saturated rings. The average Bonchev–Trinajstić information content (AvgIpc) is 3.36. The van der Waals surface area contributed by atoms with E-state index >= 15 is 0 Å².